The van der Waals surface area contributed by atoms with E-state index in [1.165, 1.54) is 7.11 Å². The Morgan fingerprint density at radius 2 is 1.67 bits per heavy atom. The molecule has 0 bridgehead atoms. The number of aliphatic carboxylic acids is 1. The fraction of sp³-hybridized carbons (Fsp3) is 0.382. The maximum absolute atomic E-state index is 13.8. The highest BCUT2D eigenvalue weighted by atomic mass is 35.5. The second-order valence-electron chi connectivity index (χ2n) is 11.6. The number of nitrogens with zero attached hydrogens (tertiary/aromatic N) is 2. The number of methoxy groups -OCH3 is 1. The van der Waals surface area contributed by atoms with Crippen LogP contribution in [-0.2, 0) is 16.0 Å². The molecule has 2 saturated heterocycles. The number of anilines is 2. The first kappa shape index (κ1) is 32.1. The summed E-state index contributed by atoms with van der Waals surface area (Å²) in [5, 5.41) is 15.1. The summed E-state index contributed by atoms with van der Waals surface area (Å²) in [7, 11) is 1.51. The molecule has 3 aromatic rings. The van der Waals surface area contributed by atoms with Crippen LogP contribution in [-0.4, -0.2) is 78.2 Å². The number of rotatable bonds is 11. The normalized spacial score (nSPS) is 18.8. The Morgan fingerprint density at radius 1 is 0.956 bits per heavy atom. The highest BCUT2D eigenvalue weighted by molar-refractivity contribution is 6.33. The number of ether oxygens (including phenoxy) is 2. The van der Waals surface area contributed by atoms with Gasteiger partial charge >= 0.3 is 12.0 Å². The molecule has 238 valence electrons. The summed E-state index contributed by atoms with van der Waals surface area (Å²) in [5.41, 5.74) is 1.70. The third-order valence-corrected chi connectivity index (χ3v) is 8.70. The van der Waals surface area contributed by atoms with Crippen LogP contribution < -0.4 is 20.1 Å². The van der Waals surface area contributed by atoms with Crippen LogP contribution in [0.5, 0.6) is 11.5 Å². The van der Waals surface area contributed by atoms with E-state index in [0.29, 0.717) is 41.7 Å². The summed E-state index contributed by atoms with van der Waals surface area (Å²) in [4.78, 5) is 41.8. The maximum atomic E-state index is 13.8. The van der Waals surface area contributed by atoms with E-state index in [1.54, 1.807) is 36.4 Å². The minimum Gasteiger partial charge on any atom is -0.495 e. The van der Waals surface area contributed by atoms with Gasteiger partial charge in [-0.3, -0.25) is 9.59 Å². The number of carboxylic acids is 1. The van der Waals surface area contributed by atoms with E-state index in [4.69, 9.17) is 21.1 Å². The molecule has 0 spiro atoms. The van der Waals surface area contributed by atoms with E-state index in [9.17, 15) is 19.5 Å². The molecule has 2 aliphatic rings. The third kappa shape index (κ3) is 8.89. The second-order valence-corrected chi connectivity index (χ2v) is 12.0. The number of hydrogen-bond donors (Lipinski definition) is 3. The molecule has 3 N–H and O–H groups in total. The fourth-order valence-electron chi connectivity index (χ4n) is 6.11. The van der Waals surface area contributed by atoms with Gasteiger partial charge in [0.2, 0.25) is 5.91 Å². The number of carbonyl (C=O) groups excluding carboxylic acids is 2. The number of hydrogen-bond acceptors (Lipinski definition) is 6. The number of para-hydroxylation sites is 2. The molecule has 3 amide bonds. The van der Waals surface area contributed by atoms with Crippen LogP contribution in [0, 0.1) is 5.92 Å². The number of benzene rings is 3. The summed E-state index contributed by atoms with van der Waals surface area (Å²) in [6.45, 7) is 2.83. The number of halogens is 1. The molecule has 3 aromatic carbocycles. The SMILES string of the molecule is COc1cc(CC(=O)N2CC(Oc3ccccc3)CC2CN2CCC(CC(=O)O)CC2)ccc1NC(=O)Nc1ccccc1Cl. The summed E-state index contributed by atoms with van der Waals surface area (Å²) in [5.74, 6) is 0.643. The number of nitrogens with one attached hydrogen (secondary N) is 2. The van der Waals surface area contributed by atoms with E-state index in [1.807, 2.05) is 41.3 Å². The van der Waals surface area contributed by atoms with Crippen LogP contribution in [0.25, 0.3) is 0 Å². The third-order valence-electron chi connectivity index (χ3n) is 8.37. The molecule has 5 rings (SSSR count). The molecule has 45 heavy (non-hydrogen) atoms. The maximum Gasteiger partial charge on any atom is 0.323 e. The van der Waals surface area contributed by atoms with Crippen LogP contribution in [0.4, 0.5) is 16.2 Å². The highest BCUT2D eigenvalue weighted by Crippen LogP contribution is 2.30. The van der Waals surface area contributed by atoms with Gasteiger partial charge in [-0.1, -0.05) is 48.0 Å². The summed E-state index contributed by atoms with van der Waals surface area (Å²) in [6, 6.07) is 21.4. The zero-order valence-electron chi connectivity index (χ0n) is 25.3. The number of carbonyl (C=O) groups is 3. The number of amides is 3. The van der Waals surface area contributed by atoms with Crippen molar-refractivity contribution in [2.45, 2.75) is 44.2 Å². The lowest BCUT2D eigenvalue weighted by Crippen LogP contribution is -2.46. The number of piperidine rings is 1. The zero-order chi connectivity index (χ0) is 31.8. The van der Waals surface area contributed by atoms with Gasteiger partial charge in [-0.25, -0.2) is 4.79 Å². The fourth-order valence-corrected chi connectivity index (χ4v) is 6.29. The summed E-state index contributed by atoms with van der Waals surface area (Å²) >= 11 is 6.16. The Kier molecular flexibility index (Phi) is 10.8. The molecule has 11 heteroatoms. The van der Waals surface area contributed by atoms with Crippen LogP contribution >= 0.6 is 11.6 Å². The van der Waals surface area contributed by atoms with E-state index < -0.39 is 12.0 Å². The van der Waals surface area contributed by atoms with Crippen LogP contribution in [0.1, 0.15) is 31.2 Å². The molecular formula is C34H39ClN4O6. The number of urea groups is 1. The van der Waals surface area contributed by atoms with E-state index in [-0.39, 0.29) is 36.8 Å². The number of carboxylic acid groups (broad SMARTS) is 1. The Labute approximate surface area is 268 Å². The first-order chi connectivity index (χ1) is 21.8. The molecule has 2 atom stereocenters. The zero-order valence-corrected chi connectivity index (χ0v) is 26.0. The van der Waals surface area contributed by atoms with Gasteiger partial charge in [-0.2, -0.15) is 0 Å². The van der Waals surface area contributed by atoms with E-state index in [0.717, 1.165) is 37.2 Å². The Bertz CT molecular complexity index is 1480. The van der Waals surface area contributed by atoms with Crippen molar-refractivity contribution in [3.8, 4) is 11.5 Å². The standard InChI is InChI=1S/C34H39ClN4O6/c1-44-31-17-24(11-12-30(31)37-34(43)36-29-10-6-5-9-28(29)35)18-32(40)39-22-27(45-26-7-3-2-4-8-26)20-25(39)21-38-15-13-23(14-16-38)19-33(41)42/h2-12,17,23,25,27H,13-16,18-22H2,1H3,(H,41,42)(H2,36,37,43). The first-order valence-electron chi connectivity index (χ1n) is 15.2. The number of likely N-dealkylation sites (tertiary alicyclic amines) is 2. The van der Waals surface area contributed by atoms with Crippen molar-refractivity contribution in [2.75, 3.05) is 43.9 Å². The lowest BCUT2D eigenvalue weighted by atomic mass is 9.93. The Morgan fingerprint density at radius 3 is 2.38 bits per heavy atom. The van der Waals surface area contributed by atoms with Crippen molar-refractivity contribution >= 4 is 40.9 Å². The van der Waals surface area contributed by atoms with Crippen LogP contribution in [0.15, 0.2) is 72.8 Å². The molecule has 2 heterocycles. The summed E-state index contributed by atoms with van der Waals surface area (Å²) < 4.78 is 11.8. The van der Waals surface area contributed by atoms with Crippen LogP contribution in [0.3, 0.4) is 0 Å². The predicted molar refractivity (Wildman–Crippen MR) is 173 cm³/mol. The topological polar surface area (TPSA) is 120 Å². The van der Waals surface area contributed by atoms with Gasteiger partial charge in [0.15, 0.2) is 0 Å². The summed E-state index contributed by atoms with van der Waals surface area (Å²) in [6.07, 6.45) is 2.63. The molecule has 0 aromatic heterocycles. The van der Waals surface area contributed by atoms with Crippen molar-refractivity contribution < 1.29 is 29.0 Å². The molecule has 2 unspecified atom stereocenters. The van der Waals surface area contributed by atoms with Gasteiger partial charge in [0, 0.05) is 25.4 Å². The molecular weight excluding hydrogens is 596 g/mol. The Balaban J connectivity index is 1.24. The monoisotopic (exact) mass is 634 g/mol. The Hall–Kier alpha value is -4.28. The average molecular weight is 635 g/mol. The smallest absolute Gasteiger partial charge is 0.323 e. The van der Waals surface area contributed by atoms with Crippen LogP contribution in [0.2, 0.25) is 5.02 Å². The average Bonchev–Trinajstić information content (AvgIpc) is 3.42. The largest absolute Gasteiger partial charge is 0.495 e. The van der Waals surface area contributed by atoms with Gasteiger partial charge < -0.3 is 35.0 Å². The molecule has 0 saturated carbocycles. The van der Waals surface area contributed by atoms with Crippen molar-refractivity contribution in [1.29, 1.82) is 0 Å². The first-order valence-corrected chi connectivity index (χ1v) is 15.6. The molecule has 2 aliphatic heterocycles. The van der Waals surface area contributed by atoms with Gasteiger partial charge in [0.1, 0.15) is 17.6 Å². The van der Waals surface area contributed by atoms with E-state index in [2.05, 4.69) is 15.5 Å². The molecule has 0 aliphatic carbocycles. The van der Waals surface area contributed by atoms with E-state index >= 15 is 0 Å². The molecule has 2 fully saturated rings. The van der Waals surface area contributed by atoms with Crippen molar-refractivity contribution in [3.05, 3.63) is 83.4 Å². The molecule has 0 radical (unpaired) electrons. The second kappa shape index (κ2) is 15.1. The lowest BCUT2D eigenvalue weighted by Gasteiger charge is -2.35. The van der Waals surface area contributed by atoms with Crippen molar-refractivity contribution in [2.24, 2.45) is 5.92 Å². The molecule has 10 nitrogen and oxygen atoms in total. The van der Waals surface area contributed by atoms with Gasteiger partial charge in [0.05, 0.1) is 36.5 Å². The van der Waals surface area contributed by atoms with Gasteiger partial charge in [0.25, 0.3) is 0 Å². The van der Waals surface area contributed by atoms with Gasteiger partial charge in [-0.05, 0) is 73.8 Å². The predicted octanol–water partition coefficient (Wildman–Crippen LogP) is 5.77. The van der Waals surface area contributed by atoms with Crippen molar-refractivity contribution in [1.82, 2.24) is 9.80 Å². The minimum atomic E-state index is -0.747. The van der Waals surface area contributed by atoms with Crippen molar-refractivity contribution in [3.63, 3.8) is 0 Å². The quantitative estimate of drug-likeness (QED) is 0.245. The highest BCUT2D eigenvalue weighted by Gasteiger charge is 2.38. The van der Waals surface area contributed by atoms with Gasteiger partial charge in [-0.15, -0.1) is 0 Å². The minimum absolute atomic E-state index is 0.0147. The lowest BCUT2D eigenvalue weighted by molar-refractivity contribution is -0.138.